The van der Waals surface area contributed by atoms with E-state index in [2.05, 4.69) is 22.1 Å². The number of aromatic nitrogens is 1. The number of halogens is 1. The van der Waals surface area contributed by atoms with Crippen LogP contribution in [0.3, 0.4) is 0 Å². The normalized spacial score (nSPS) is 30.6. The lowest BCUT2D eigenvalue weighted by Gasteiger charge is -2.49. The maximum Gasteiger partial charge on any atom is 0.270 e. The van der Waals surface area contributed by atoms with Gasteiger partial charge >= 0.3 is 0 Å². The van der Waals surface area contributed by atoms with E-state index in [0.29, 0.717) is 17.7 Å². The molecule has 2 aromatic heterocycles. The van der Waals surface area contributed by atoms with Gasteiger partial charge in [0.25, 0.3) is 5.91 Å². The molecule has 2 aromatic rings. The lowest BCUT2D eigenvalue weighted by Crippen LogP contribution is -2.62. The second-order valence-corrected chi connectivity index (χ2v) is 7.99. The van der Waals surface area contributed by atoms with Crippen molar-refractivity contribution in [3.05, 3.63) is 28.4 Å². The monoisotopic (exact) mass is 335 g/mol. The van der Waals surface area contributed by atoms with Gasteiger partial charge in [0.1, 0.15) is 5.69 Å². The van der Waals surface area contributed by atoms with Gasteiger partial charge in [-0.25, -0.2) is 0 Å². The maximum absolute atomic E-state index is 12.6. The zero-order valence-electron chi connectivity index (χ0n) is 12.4. The zero-order valence-corrected chi connectivity index (χ0v) is 14.0. The molecule has 0 aromatic carbocycles. The third-order valence-corrected chi connectivity index (χ3v) is 6.31. The molecule has 2 bridgehead atoms. The highest BCUT2D eigenvalue weighted by molar-refractivity contribution is 7.22. The Balaban J connectivity index is 1.55. The fourth-order valence-corrected chi connectivity index (χ4v) is 4.96. The van der Waals surface area contributed by atoms with Crippen LogP contribution in [-0.2, 0) is 0 Å². The molecule has 3 aliphatic heterocycles. The molecule has 22 heavy (non-hydrogen) atoms. The van der Waals surface area contributed by atoms with Gasteiger partial charge in [0.05, 0.1) is 4.34 Å². The summed E-state index contributed by atoms with van der Waals surface area (Å²) < 4.78 is 1.73. The number of amides is 1. The molecule has 4 nitrogen and oxygen atoms in total. The van der Waals surface area contributed by atoms with Crippen LogP contribution in [0.25, 0.3) is 10.1 Å². The molecule has 5 rings (SSSR count). The molecule has 0 radical (unpaired) electrons. The van der Waals surface area contributed by atoms with Gasteiger partial charge in [-0.2, -0.15) is 0 Å². The molecule has 2 unspecified atom stereocenters. The number of fused-ring (bicyclic) bond motifs is 4. The summed E-state index contributed by atoms with van der Waals surface area (Å²) in [7, 11) is 0. The van der Waals surface area contributed by atoms with Gasteiger partial charge < -0.3 is 5.32 Å². The molecule has 1 N–H and O–H groups in total. The summed E-state index contributed by atoms with van der Waals surface area (Å²) in [5.41, 5.74) is 0.481. The number of piperidine rings is 3. The van der Waals surface area contributed by atoms with Gasteiger partial charge in [0.2, 0.25) is 0 Å². The lowest BCUT2D eigenvalue weighted by atomic mass is 9.79. The maximum atomic E-state index is 12.6. The van der Waals surface area contributed by atoms with Crippen molar-refractivity contribution in [3.8, 4) is 0 Å². The number of hydrogen-bond donors (Lipinski definition) is 1. The Bertz CT molecular complexity index is 721. The number of pyridine rings is 1. The first-order valence-electron chi connectivity index (χ1n) is 7.72. The van der Waals surface area contributed by atoms with Crippen LogP contribution in [0.4, 0.5) is 0 Å². The molecule has 2 atom stereocenters. The fraction of sp³-hybridized carbons (Fsp3) is 0.500. The van der Waals surface area contributed by atoms with Gasteiger partial charge in [-0.05, 0) is 50.9 Å². The first-order chi connectivity index (χ1) is 10.6. The van der Waals surface area contributed by atoms with E-state index in [1.165, 1.54) is 24.2 Å². The Morgan fingerprint density at radius 1 is 1.41 bits per heavy atom. The number of carbonyl (C=O) groups is 1. The average Bonchev–Trinajstić information content (AvgIpc) is 2.90. The van der Waals surface area contributed by atoms with Crippen molar-refractivity contribution in [2.75, 3.05) is 13.1 Å². The highest BCUT2D eigenvalue weighted by Crippen LogP contribution is 2.32. The predicted octanol–water partition coefficient (Wildman–Crippen LogP) is 3.16. The summed E-state index contributed by atoms with van der Waals surface area (Å²) in [4.78, 5) is 19.3. The van der Waals surface area contributed by atoms with E-state index >= 15 is 0 Å². The van der Waals surface area contributed by atoms with E-state index in [0.717, 1.165) is 27.5 Å². The lowest BCUT2D eigenvalue weighted by molar-refractivity contribution is 0.0216. The molecule has 0 spiro atoms. The van der Waals surface area contributed by atoms with Crippen LogP contribution < -0.4 is 5.32 Å². The summed E-state index contributed by atoms with van der Waals surface area (Å²) in [6.45, 7) is 4.54. The van der Waals surface area contributed by atoms with Gasteiger partial charge in [-0.3, -0.25) is 14.7 Å². The van der Waals surface area contributed by atoms with Crippen LogP contribution in [-0.4, -0.2) is 41.0 Å². The summed E-state index contributed by atoms with van der Waals surface area (Å²) >= 11 is 7.50. The van der Waals surface area contributed by atoms with E-state index in [1.54, 1.807) is 6.20 Å². The second-order valence-electron chi connectivity index (χ2n) is 6.27. The molecular weight excluding hydrogens is 318 g/mol. The van der Waals surface area contributed by atoms with Crippen LogP contribution in [0.1, 0.15) is 30.3 Å². The minimum absolute atomic E-state index is 0.0722. The summed E-state index contributed by atoms with van der Waals surface area (Å²) in [5, 5.41) is 4.21. The summed E-state index contributed by atoms with van der Waals surface area (Å²) in [5.74, 6) is 0.529. The topological polar surface area (TPSA) is 45.2 Å². The fourth-order valence-electron chi connectivity index (χ4n) is 3.80. The van der Waals surface area contributed by atoms with E-state index in [4.69, 9.17) is 11.6 Å². The Morgan fingerprint density at radius 3 is 2.91 bits per heavy atom. The minimum Gasteiger partial charge on any atom is -0.346 e. The smallest absolute Gasteiger partial charge is 0.270 e. The van der Waals surface area contributed by atoms with Crippen LogP contribution in [0.15, 0.2) is 18.3 Å². The van der Waals surface area contributed by atoms with Gasteiger partial charge in [0.15, 0.2) is 0 Å². The van der Waals surface area contributed by atoms with Crippen molar-refractivity contribution in [1.82, 2.24) is 15.2 Å². The van der Waals surface area contributed by atoms with Crippen LogP contribution in [0.5, 0.6) is 0 Å². The average molecular weight is 336 g/mol. The molecule has 5 heterocycles. The van der Waals surface area contributed by atoms with Gasteiger partial charge in [0, 0.05) is 28.4 Å². The molecule has 3 aliphatic rings. The summed E-state index contributed by atoms with van der Waals surface area (Å²) in [6, 6.07) is 4.37. The van der Waals surface area contributed by atoms with E-state index in [1.807, 2.05) is 12.1 Å². The molecule has 6 heteroatoms. The van der Waals surface area contributed by atoms with Gasteiger partial charge in [-0.1, -0.05) is 11.6 Å². The number of nitrogens with one attached hydrogen (secondary N) is 1. The third kappa shape index (κ3) is 2.41. The van der Waals surface area contributed by atoms with Crippen molar-refractivity contribution >= 4 is 38.9 Å². The second kappa shape index (κ2) is 5.48. The number of hydrogen-bond acceptors (Lipinski definition) is 4. The summed E-state index contributed by atoms with van der Waals surface area (Å²) in [6.07, 6.45) is 4.09. The highest BCUT2D eigenvalue weighted by atomic mass is 35.5. The standard InChI is InChI=1S/C16H18ClN3OS/c1-9-15(10-2-4-20(9)5-3-10)19-16(21)12-7-13-11(8-18-12)6-14(17)22-13/h6-10,15H,2-5H2,1H3,(H,19,21). The Morgan fingerprint density at radius 2 is 2.18 bits per heavy atom. The van der Waals surface area contributed by atoms with Crippen LogP contribution >= 0.6 is 22.9 Å². The van der Waals surface area contributed by atoms with Crippen LogP contribution in [0, 0.1) is 5.92 Å². The van der Waals surface area contributed by atoms with Crippen molar-refractivity contribution < 1.29 is 4.79 Å². The molecule has 3 saturated heterocycles. The van der Waals surface area contributed by atoms with Crippen molar-refractivity contribution in [2.24, 2.45) is 5.92 Å². The first-order valence-corrected chi connectivity index (χ1v) is 8.91. The molecule has 0 saturated carbocycles. The zero-order chi connectivity index (χ0) is 15.3. The quantitative estimate of drug-likeness (QED) is 0.917. The largest absolute Gasteiger partial charge is 0.346 e. The van der Waals surface area contributed by atoms with E-state index in [-0.39, 0.29) is 11.9 Å². The van der Waals surface area contributed by atoms with E-state index < -0.39 is 0 Å². The number of nitrogens with zero attached hydrogens (tertiary/aromatic N) is 2. The van der Waals surface area contributed by atoms with Crippen molar-refractivity contribution in [3.63, 3.8) is 0 Å². The van der Waals surface area contributed by atoms with E-state index in [9.17, 15) is 4.79 Å². The molecule has 1 amide bonds. The van der Waals surface area contributed by atoms with Crippen LogP contribution in [0.2, 0.25) is 4.34 Å². The van der Waals surface area contributed by atoms with Crippen molar-refractivity contribution in [2.45, 2.75) is 31.8 Å². The third-order valence-electron chi connectivity index (χ3n) is 5.08. The number of carbonyl (C=O) groups excluding carboxylic acids is 1. The Kier molecular flexibility index (Phi) is 3.59. The molecule has 0 aliphatic carbocycles. The minimum atomic E-state index is -0.0722. The Labute approximate surface area is 138 Å². The first kappa shape index (κ1) is 14.4. The van der Waals surface area contributed by atoms with Crippen molar-refractivity contribution in [1.29, 1.82) is 0 Å². The molecular formula is C16H18ClN3OS. The molecule has 3 fully saturated rings. The number of thiophene rings is 1. The SMILES string of the molecule is CC1C(NC(=O)c2cc3sc(Cl)cc3cn2)C2CCN1CC2. The highest BCUT2D eigenvalue weighted by Gasteiger charge is 2.40. The van der Waals surface area contributed by atoms with Gasteiger partial charge in [-0.15, -0.1) is 11.3 Å². The number of rotatable bonds is 2. The molecule has 116 valence electrons. The Hall–Kier alpha value is -1.17. The predicted molar refractivity (Wildman–Crippen MR) is 89.6 cm³/mol.